The molecule has 1 saturated heterocycles. The zero-order valence-corrected chi connectivity index (χ0v) is 12.5. The summed E-state index contributed by atoms with van der Waals surface area (Å²) in [6.45, 7) is 9.09. The maximum atomic E-state index is 4.53. The van der Waals surface area contributed by atoms with E-state index in [0.29, 0.717) is 18.1 Å². The molecule has 1 aromatic rings. The Kier molecular flexibility index (Phi) is 5.34. The van der Waals surface area contributed by atoms with Crippen molar-refractivity contribution in [2.45, 2.75) is 58.2 Å². The first-order valence-corrected chi connectivity index (χ1v) is 7.66. The highest BCUT2D eigenvalue weighted by Crippen LogP contribution is 2.25. The molecular weight excluding hydrogens is 234 g/mol. The molecule has 3 atom stereocenters. The Morgan fingerprint density at radius 3 is 2.89 bits per heavy atom. The second-order valence-corrected chi connectivity index (χ2v) is 5.58. The minimum Gasteiger partial charge on any atom is -0.311 e. The third-order valence-corrected chi connectivity index (χ3v) is 4.26. The highest BCUT2D eigenvalue weighted by Gasteiger charge is 2.30. The van der Waals surface area contributed by atoms with E-state index in [0.717, 1.165) is 13.1 Å². The molecule has 1 fully saturated rings. The standard InChI is InChI=1S/C16H27N3/c1-4-8-14-12-19(15(5-2)11-18-14)13(3)16-9-6-7-10-17-16/h6-7,9-10,13-15,18H,4-5,8,11-12H2,1-3H3. The Balaban J connectivity index is 2.09. The molecule has 0 saturated carbocycles. The molecule has 3 heteroatoms. The van der Waals surface area contributed by atoms with Gasteiger partial charge in [0.05, 0.1) is 5.69 Å². The molecule has 3 unspecified atom stereocenters. The highest BCUT2D eigenvalue weighted by atomic mass is 15.3. The van der Waals surface area contributed by atoms with Crippen molar-refractivity contribution in [2.75, 3.05) is 13.1 Å². The molecule has 0 aromatic carbocycles. The molecular formula is C16H27N3. The first kappa shape index (κ1) is 14.5. The Morgan fingerprint density at radius 1 is 1.42 bits per heavy atom. The molecule has 0 bridgehead atoms. The van der Waals surface area contributed by atoms with Gasteiger partial charge in [0.15, 0.2) is 0 Å². The van der Waals surface area contributed by atoms with E-state index < -0.39 is 0 Å². The van der Waals surface area contributed by atoms with E-state index in [-0.39, 0.29) is 0 Å². The van der Waals surface area contributed by atoms with Crippen molar-refractivity contribution in [3.63, 3.8) is 0 Å². The van der Waals surface area contributed by atoms with Crippen LogP contribution in [0.2, 0.25) is 0 Å². The summed E-state index contributed by atoms with van der Waals surface area (Å²) in [5.74, 6) is 0. The van der Waals surface area contributed by atoms with Crippen LogP contribution in [0.1, 0.15) is 51.8 Å². The summed E-state index contributed by atoms with van der Waals surface area (Å²) < 4.78 is 0. The Bertz CT molecular complexity index is 366. The van der Waals surface area contributed by atoms with E-state index in [1.165, 1.54) is 25.0 Å². The van der Waals surface area contributed by atoms with Gasteiger partial charge in [0.25, 0.3) is 0 Å². The minimum atomic E-state index is 0.410. The van der Waals surface area contributed by atoms with Crippen molar-refractivity contribution < 1.29 is 0 Å². The predicted molar refractivity (Wildman–Crippen MR) is 80.1 cm³/mol. The molecule has 2 heterocycles. The lowest BCUT2D eigenvalue weighted by molar-refractivity contribution is 0.0817. The summed E-state index contributed by atoms with van der Waals surface area (Å²) in [7, 11) is 0. The van der Waals surface area contributed by atoms with Gasteiger partial charge in [-0.3, -0.25) is 9.88 Å². The summed E-state index contributed by atoms with van der Waals surface area (Å²) in [4.78, 5) is 7.17. The van der Waals surface area contributed by atoms with Gasteiger partial charge in [-0.25, -0.2) is 0 Å². The third kappa shape index (κ3) is 3.54. The van der Waals surface area contributed by atoms with Crippen LogP contribution in [0.25, 0.3) is 0 Å². The topological polar surface area (TPSA) is 28.2 Å². The van der Waals surface area contributed by atoms with Crippen LogP contribution in [0.5, 0.6) is 0 Å². The summed E-state index contributed by atoms with van der Waals surface area (Å²) >= 11 is 0. The molecule has 1 aromatic heterocycles. The second-order valence-electron chi connectivity index (χ2n) is 5.58. The fourth-order valence-corrected chi connectivity index (χ4v) is 3.08. The van der Waals surface area contributed by atoms with Gasteiger partial charge in [-0.2, -0.15) is 0 Å². The number of piperazine rings is 1. The van der Waals surface area contributed by atoms with Gasteiger partial charge >= 0.3 is 0 Å². The van der Waals surface area contributed by atoms with E-state index in [2.05, 4.69) is 48.1 Å². The first-order chi connectivity index (χ1) is 9.26. The van der Waals surface area contributed by atoms with Crippen LogP contribution in [-0.4, -0.2) is 35.1 Å². The monoisotopic (exact) mass is 261 g/mol. The molecule has 0 aliphatic carbocycles. The van der Waals surface area contributed by atoms with Gasteiger partial charge in [0, 0.05) is 37.4 Å². The van der Waals surface area contributed by atoms with Crippen molar-refractivity contribution in [3.05, 3.63) is 30.1 Å². The van der Waals surface area contributed by atoms with Gasteiger partial charge < -0.3 is 5.32 Å². The van der Waals surface area contributed by atoms with Crippen LogP contribution in [-0.2, 0) is 0 Å². The van der Waals surface area contributed by atoms with Crippen molar-refractivity contribution >= 4 is 0 Å². The lowest BCUT2D eigenvalue weighted by Crippen LogP contribution is -2.56. The number of rotatable bonds is 5. The molecule has 0 radical (unpaired) electrons. The zero-order valence-electron chi connectivity index (χ0n) is 12.5. The third-order valence-electron chi connectivity index (χ3n) is 4.26. The van der Waals surface area contributed by atoms with E-state index in [4.69, 9.17) is 0 Å². The number of hydrogen-bond donors (Lipinski definition) is 1. The van der Waals surface area contributed by atoms with Crippen LogP contribution in [0.4, 0.5) is 0 Å². The van der Waals surface area contributed by atoms with Crippen LogP contribution < -0.4 is 5.32 Å². The predicted octanol–water partition coefficient (Wildman–Crippen LogP) is 3.00. The van der Waals surface area contributed by atoms with Crippen molar-refractivity contribution in [1.29, 1.82) is 0 Å². The van der Waals surface area contributed by atoms with Crippen LogP contribution >= 0.6 is 0 Å². The van der Waals surface area contributed by atoms with Gasteiger partial charge in [-0.15, -0.1) is 0 Å². The first-order valence-electron chi connectivity index (χ1n) is 7.66. The summed E-state index contributed by atoms with van der Waals surface area (Å²) in [5.41, 5.74) is 1.19. The largest absolute Gasteiger partial charge is 0.311 e. The van der Waals surface area contributed by atoms with Crippen molar-refractivity contribution in [2.24, 2.45) is 0 Å². The van der Waals surface area contributed by atoms with Crippen molar-refractivity contribution in [3.8, 4) is 0 Å². The van der Waals surface area contributed by atoms with E-state index in [1.807, 2.05) is 12.3 Å². The zero-order chi connectivity index (χ0) is 13.7. The lowest BCUT2D eigenvalue weighted by atomic mass is 10.00. The lowest BCUT2D eigenvalue weighted by Gasteiger charge is -2.43. The molecule has 0 amide bonds. The second kappa shape index (κ2) is 7.01. The van der Waals surface area contributed by atoms with Crippen molar-refractivity contribution in [1.82, 2.24) is 15.2 Å². The minimum absolute atomic E-state index is 0.410. The molecule has 1 aliphatic heterocycles. The molecule has 2 rings (SSSR count). The molecule has 0 spiro atoms. The number of hydrogen-bond acceptors (Lipinski definition) is 3. The fraction of sp³-hybridized carbons (Fsp3) is 0.688. The molecule has 106 valence electrons. The number of nitrogens with one attached hydrogen (secondary N) is 1. The number of nitrogens with zero attached hydrogens (tertiary/aromatic N) is 2. The molecule has 19 heavy (non-hydrogen) atoms. The van der Waals surface area contributed by atoms with Gasteiger partial charge in [0.2, 0.25) is 0 Å². The smallest absolute Gasteiger partial charge is 0.0572 e. The van der Waals surface area contributed by atoms with Crippen LogP contribution in [0, 0.1) is 0 Å². The Hall–Kier alpha value is -0.930. The molecule has 1 N–H and O–H groups in total. The number of aromatic nitrogens is 1. The van der Waals surface area contributed by atoms with E-state index in [1.54, 1.807) is 0 Å². The van der Waals surface area contributed by atoms with Gasteiger partial charge in [-0.05, 0) is 31.9 Å². The number of pyridine rings is 1. The normalized spacial score (nSPS) is 26.3. The maximum Gasteiger partial charge on any atom is 0.0572 e. The fourth-order valence-electron chi connectivity index (χ4n) is 3.08. The average molecular weight is 261 g/mol. The molecule has 3 nitrogen and oxygen atoms in total. The molecule has 1 aliphatic rings. The summed E-state index contributed by atoms with van der Waals surface area (Å²) in [5, 5.41) is 3.70. The van der Waals surface area contributed by atoms with E-state index >= 15 is 0 Å². The quantitative estimate of drug-likeness (QED) is 0.883. The Labute approximate surface area is 117 Å². The highest BCUT2D eigenvalue weighted by molar-refractivity contribution is 5.09. The Morgan fingerprint density at radius 2 is 2.26 bits per heavy atom. The van der Waals surface area contributed by atoms with Gasteiger partial charge in [-0.1, -0.05) is 26.3 Å². The van der Waals surface area contributed by atoms with Crippen LogP contribution in [0.15, 0.2) is 24.4 Å². The SMILES string of the molecule is CCCC1CN(C(C)c2ccccn2)C(CC)CN1. The summed E-state index contributed by atoms with van der Waals surface area (Å²) in [6.07, 6.45) is 5.61. The summed E-state index contributed by atoms with van der Waals surface area (Å²) in [6, 6.07) is 7.90. The van der Waals surface area contributed by atoms with Crippen LogP contribution in [0.3, 0.4) is 0 Å². The van der Waals surface area contributed by atoms with E-state index in [9.17, 15) is 0 Å². The van der Waals surface area contributed by atoms with Gasteiger partial charge in [0.1, 0.15) is 0 Å². The maximum absolute atomic E-state index is 4.53. The average Bonchev–Trinajstić information content (AvgIpc) is 2.47.